The van der Waals surface area contributed by atoms with Crippen LogP contribution in [0.3, 0.4) is 0 Å². The fourth-order valence-corrected chi connectivity index (χ4v) is 1.69. The number of rotatable bonds is 4. The van der Waals surface area contributed by atoms with E-state index in [1.54, 1.807) is 0 Å². The van der Waals surface area contributed by atoms with E-state index in [1.165, 1.54) is 36.0 Å². The van der Waals surface area contributed by atoms with Crippen LogP contribution < -0.4 is 0 Å². The first-order valence-corrected chi connectivity index (χ1v) is 7.97. The summed E-state index contributed by atoms with van der Waals surface area (Å²) in [4.78, 5) is 0. The largest absolute Gasteiger partial charge is 0.106 e. The van der Waals surface area contributed by atoms with E-state index in [2.05, 4.69) is 79.8 Å². The van der Waals surface area contributed by atoms with Crippen LogP contribution in [-0.4, -0.2) is 0 Å². The van der Waals surface area contributed by atoms with Gasteiger partial charge in [0.2, 0.25) is 0 Å². The first-order valence-electron chi connectivity index (χ1n) is 7.97. The van der Waals surface area contributed by atoms with Gasteiger partial charge in [0.1, 0.15) is 0 Å². The van der Waals surface area contributed by atoms with Gasteiger partial charge in [-0.25, -0.2) is 0 Å². The topological polar surface area (TPSA) is 0 Å². The van der Waals surface area contributed by atoms with Gasteiger partial charge in [0.15, 0.2) is 0 Å². The summed E-state index contributed by atoms with van der Waals surface area (Å²) in [5.74, 6) is 1.48. The molecule has 0 aliphatic carbocycles. The molecule has 0 atom stereocenters. The molecule has 0 heterocycles. The van der Waals surface area contributed by atoms with Crippen molar-refractivity contribution in [1.29, 1.82) is 0 Å². The lowest BCUT2D eigenvalue weighted by Gasteiger charge is -2.10. The van der Waals surface area contributed by atoms with Crippen LogP contribution in [-0.2, 0) is 6.42 Å². The molecular formula is C20H36. The number of hydrogen-bond donors (Lipinski definition) is 0. The number of hydrogen-bond acceptors (Lipinski definition) is 0. The van der Waals surface area contributed by atoms with Crippen LogP contribution in [0, 0.1) is 12.8 Å². The predicted octanol–water partition coefficient (Wildman–Crippen LogP) is 6.93. The lowest BCUT2D eigenvalue weighted by molar-refractivity contribution is 0.737. The zero-order valence-electron chi connectivity index (χ0n) is 14.9. The molecule has 0 radical (unpaired) electrons. The molecule has 20 heavy (non-hydrogen) atoms. The van der Waals surface area contributed by atoms with Crippen LogP contribution in [0.25, 0.3) is 0 Å². The molecule has 0 fully saturated rings. The second-order valence-corrected chi connectivity index (χ2v) is 6.18. The standard InChI is InChI=1S/C14H22.C4H10.C2H4/c1-5-6-7-14-10-13(11(2)3)9-8-12(14)4;1-4(2)3;1-2/h8-11H,5-7H2,1-4H3;4H,1-3H3;1-2H2. The maximum absolute atomic E-state index is 3.00. The molecule has 0 aliphatic rings. The second kappa shape index (κ2) is 13.0. The van der Waals surface area contributed by atoms with Crippen LogP contribution in [0.2, 0.25) is 0 Å². The quantitative estimate of drug-likeness (QED) is 0.523. The average molecular weight is 277 g/mol. The van der Waals surface area contributed by atoms with Crippen LogP contribution in [0.4, 0.5) is 0 Å². The van der Waals surface area contributed by atoms with Gasteiger partial charge in [-0.05, 0) is 48.3 Å². The van der Waals surface area contributed by atoms with Crippen molar-refractivity contribution in [3.05, 3.63) is 48.0 Å². The summed E-state index contributed by atoms with van der Waals surface area (Å²) in [5, 5.41) is 0. The minimum absolute atomic E-state index is 0.649. The van der Waals surface area contributed by atoms with Crippen LogP contribution in [0.5, 0.6) is 0 Å². The maximum Gasteiger partial charge on any atom is -0.0219 e. The van der Waals surface area contributed by atoms with Crippen molar-refractivity contribution in [1.82, 2.24) is 0 Å². The van der Waals surface area contributed by atoms with Gasteiger partial charge < -0.3 is 0 Å². The monoisotopic (exact) mass is 276 g/mol. The maximum atomic E-state index is 3.00. The Balaban J connectivity index is 0. The molecule has 0 N–H and O–H groups in total. The number of benzene rings is 1. The Bertz CT molecular complexity index is 331. The molecule has 1 aromatic carbocycles. The molecule has 0 aromatic heterocycles. The Morgan fingerprint density at radius 2 is 1.50 bits per heavy atom. The fraction of sp³-hybridized carbons (Fsp3) is 0.600. The molecule has 0 nitrogen and oxygen atoms in total. The van der Waals surface area contributed by atoms with E-state index in [0.29, 0.717) is 5.92 Å². The van der Waals surface area contributed by atoms with Gasteiger partial charge in [0.25, 0.3) is 0 Å². The molecule has 1 rings (SSSR count). The summed E-state index contributed by atoms with van der Waals surface area (Å²) >= 11 is 0. The molecule has 0 heteroatoms. The van der Waals surface area contributed by atoms with Crippen molar-refractivity contribution in [2.45, 2.75) is 73.6 Å². The van der Waals surface area contributed by atoms with Crippen molar-refractivity contribution in [3.63, 3.8) is 0 Å². The van der Waals surface area contributed by atoms with Gasteiger partial charge in [0.05, 0.1) is 0 Å². The van der Waals surface area contributed by atoms with Crippen molar-refractivity contribution in [2.24, 2.45) is 5.92 Å². The number of aryl methyl sites for hydroxylation is 2. The minimum atomic E-state index is 0.649. The summed E-state index contributed by atoms with van der Waals surface area (Å²) in [6, 6.07) is 6.91. The summed E-state index contributed by atoms with van der Waals surface area (Å²) in [7, 11) is 0. The fourth-order valence-electron chi connectivity index (χ4n) is 1.69. The molecule has 0 saturated carbocycles. The molecule has 1 aromatic rings. The van der Waals surface area contributed by atoms with Crippen molar-refractivity contribution >= 4 is 0 Å². The van der Waals surface area contributed by atoms with Crippen molar-refractivity contribution < 1.29 is 0 Å². The molecular weight excluding hydrogens is 240 g/mol. The molecule has 116 valence electrons. The van der Waals surface area contributed by atoms with Crippen molar-refractivity contribution in [3.8, 4) is 0 Å². The molecule has 0 aliphatic heterocycles. The Morgan fingerprint density at radius 1 is 1.00 bits per heavy atom. The zero-order chi connectivity index (χ0) is 16.1. The average Bonchev–Trinajstić information content (AvgIpc) is 2.39. The SMILES string of the molecule is C=C.CC(C)C.CCCCc1cc(C(C)C)ccc1C. The summed E-state index contributed by atoms with van der Waals surface area (Å²) in [6.45, 7) is 21.5. The van der Waals surface area contributed by atoms with E-state index in [0.717, 1.165) is 5.92 Å². The first-order chi connectivity index (χ1) is 9.38. The summed E-state index contributed by atoms with van der Waals surface area (Å²) < 4.78 is 0. The molecule has 0 unspecified atom stereocenters. The third kappa shape index (κ3) is 10.8. The highest BCUT2D eigenvalue weighted by molar-refractivity contribution is 5.32. The number of unbranched alkanes of at least 4 members (excludes halogenated alkanes) is 1. The van der Waals surface area contributed by atoms with Gasteiger partial charge in [-0.1, -0.05) is 66.2 Å². The Morgan fingerprint density at radius 3 is 1.90 bits per heavy atom. The molecule has 0 bridgehead atoms. The van der Waals surface area contributed by atoms with E-state index in [9.17, 15) is 0 Å². The third-order valence-corrected chi connectivity index (χ3v) is 2.84. The van der Waals surface area contributed by atoms with Crippen LogP contribution in [0.1, 0.15) is 77.0 Å². The van der Waals surface area contributed by atoms with E-state index in [1.807, 2.05) is 0 Å². The third-order valence-electron chi connectivity index (χ3n) is 2.84. The van der Waals surface area contributed by atoms with Gasteiger partial charge in [0, 0.05) is 0 Å². The minimum Gasteiger partial charge on any atom is -0.106 e. The lowest BCUT2D eigenvalue weighted by atomic mass is 9.95. The normalized spacial score (nSPS) is 9.65. The van der Waals surface area contributed by atoms with Crippen LogP contribution >= 0.6 is 0 Å². The highest BCUT2D eigenvalue weighted by Gasteiger charge is 2.02. The van der Waals surface area contributed by atoms with Gasteiger partial charge >= 0.3 is 0 Å². The summed E-state index contributed by atoms with van der Waals surface area (Å²) in [6.07, 6.45) is 3.83. The molecule has 0 saturated heterocycles. The Labute approximate surface area is 128 Å². The van der Waals surface area contributed by atoms with Crippen LogP contribution in [0.15, 0.2) is 31.4 Å². The van der Waals surface area contributed by atoms with E-state index < -0.39 is 0 Å². The summed E-state index contributed by atoms with van der Waals surface area (Å²) in [5.41, 5.74) is 4.46. The lowest BCUT2D eigenvalue weighted by Crippen LogP contribution is -1.94. The Hall–Kier alpha value is -1.04. The molecule has 0 spiro atoms. The van der Waals surface area contributed by atoms with E-state index in [-0.39, 0.29) is 0 Å². The van der Waals surface area contributed by atoms with Gasteiger partial charge in [-0.2, -0.15) is 0 Å². The Kier molecular flexibility index (Phi) is 13.8. The van der Waals surface area contributed by atoms with E-state index >= 15 is 0 Å². The van der Waals surface area contributed by atoms with Gasteiger partial charge in [-0.3, -0.25) is 0 Å². The van der Waals surface area contributed by atoms with Crippen molar-refractivity contribution in [2.75, 3.05) is 0 Å². The predicted molar refractivity (Wildman–Crippen MR) is 95.6 cm³/mol. The van der Waals surface area contributed by atoms with E-state index in [4.69, 9.17) is 0 Å². The molecule has 0 amide bonds. The smallest absolute Gasteiger partial charge is 0.0219 e. The highest BCUT2D eigenvalue weighted by Crippen LogP contribution is 2.19. The second-order valence-electron chi connectivity index (χ2n) is 6.18. The highest BCUT2D eigenvalue weighted by atomic mass is 14.1. The first kappa shape index (κ1) is 21.3. The van der Waals surface area contributed by atoms with Gasteiger partial charge in [-0.15, -0.1) is 13.2 Å². The zero-order valence-corrected chi connectivity index (χ0v) is 14.9.